The van der Waals surface area contributed by atoms with Crippen LogP contribution in [0.5, 0.6) is 0 Å². The van der Waals surface area contributed by atoms with Crippen LogP contribution in [0.1, 0.15) is 19.4 Å². The third-order valence-electron chi connectivity index (χ3n) is 3.74. The summed E-state index contributed by atoms with van der Waals surface area (Å²) in [5.41, 5.74) is 0.858. The normalized spacial score (nSPS) is 22.2. The number of ether oxygens (including phenoxy) is 1. The van der Waals surface area contributed by atoms with Crippen LogP contribution in [0.2, 0.25) is 10.0 Å². The second-order valence-electron chi connectivity index (χ2n) is 5.48. The molecule has 20 heavy (non-hydrogen) atoms. The Kier molecular flexibility index (Phi) is 5.70. The van der Waals surface area contributed by atoms with E-state index in [-0.39, 0.29) is 6.10 Å². The van der Waals surface area contributed by atoms with E-state index in [1.807, 2.05) is 12.1 Å². The standard InChI is InChI=1S/C15H21Cl2NO2/c1-10(2)18-6-7-20-14(9-18)13(19)8-11-4-3-5-12(16)15(11)17/h3-5,10,13-14,19H,6-9H2,1-2H3. The molecule has 0 amide bonds. The number of hydrogen-bond acceptors (Lipinski definition) is 3. The summed E-state index contributed by atoms with van der Waals surface area (Å²) in [6.45, 7) is 6.63. The second kappa shape index (κ2) is 7.10. The van der Waals surface area contributed by atoms with Gasteiger partial charge >= 0.3 is 0 Å². The van der Waals surface area contributed by atoms with Gasteiger partial charge in [-0.2, -0.15) is 0 Å². The van der Waals surface area contributed by atoms with Crippen LogP contribution in [-0.4, -0.2) is 48.0 Å². The van der Waals surface area contributed by atoms with Crippen LogP contribution in [0.3, 0.4) is 0 Å². The van der Waals surface area contributed by atoms with E-state index in [0.29, 0.717) is 29.1 Å². The largest absolute Gasteiger partial charge is 0.390 e. The van der Waals surface area contributed by atoms with Crippen LogP contribution in [0.15, 0.2) is 18.2 Å². The summed E-state index contributed by atoms with van der Waals surface area (Å²) in [4.78, 5) is 2.32. The van der Waals surface area contributed by atoms with Crippen LogP contribution < -0.4 is 0 Å². The maximum Gasteiger partial charge on any atom is 0.0964 e. The molecule has 1 aromatic rings. The number of rotatable bonds is 4. The van der Waals surface area contributed by atoms with E-state index in [2.05, 4.69) is 18.7 Å². The second-order valence-corrected chi connectivity index (χ2v) is 6.27. The third-order valence-corrected chi connectivity index (χ3v) is 4.60. The Morgan fingerprint density at radius 3 is 2.85 bits per heavy atom. The monoisotopic (exact) mass is 317 g/mol. The van der Waals surface area contributed by atoms with E-state index >= 15 is 0 Å². The summed E-state index contributed by atoms with van der Waals surface area (Å²) >= 11 is 12.2. The smallest absolute Gasteiger partial charge is 0.0964 e. The lowest BCUT2D eigenvalue weighted by atomic mass is 10.0. The topological polar surface area (TPSA) is 32.7 Å². The number of hydrogen-bond donors (Lipinski definition) is 1. The average Bonchev–Trinajstić information content (AvgIpc) is 2.44. The van der Waals surface area contributed by atoms with Gasteiger partial charge < -0.3 is 9.84 Å². The molecule has 112 valence electrons. The third kappa shape index (κ3) is 3.86. The molecule has 1 saturated heterocycles. The zero-order chi connectivity index (χ0) is 14.7. The Morgan fingerprint density at radius 2 is 2.15 bits per heavy atom. The first-order valence-corrected chi connectivity index (χ1v) is 7.71. The van der Waals surface area contributed by atoms with E-state index < -0.39 is 6.10 Å². The Hall–Kier alpha value is -0.320. The fourth-order valence-electron chi connectivity index (χ4n) is 2.46. The highest BCUT2D eigenvalue weighted by molar-refractivity contribution is 6.42. The molecule has 2 unspecified atom stereocenters. The lowest BCUT2D eigenvalue weighted by Gasteiger charge is -2.37. The van der Waals surface area contributed by atoms with Gasteiger partial charge in [0.2, 0.25) is 0 Å². The lowest BCUT2D eigenvalue weighted by Crippen LogP contribution is -2.50. The zero-order valence-electron chi connectivity index (χ0n) is 11.9. The Balaban J connectivity index is 2.00. The molecule has 1 N–H and O–H groups in total. The van der Waals surface area contributed by atoms with Crippen molar-refractivity contribution in [2.75, 3.05) is 19.7 Å². The van der Waals surface area contributed by atoms with Crippen molar-refractivity contribution in [2.24, 2.45) is 0 Å². The maximum atomic E-state index is 10.4. The number of aliphatic hydroxyl groups excluding tert-OH is 1. The van der Waals surface area contributed by atoms with Gasteiger partial charge in [0.15, 0.2) is 0 Å². The van der Waals surface area contributed by atoms with Gasteiger partial charge in [-0.3, -0.25) is 4.90 Å². The molecule has 2 rings (SSSR count). The number of benzene rings is 1. The summed E-state index contributed by atoms with van der Waals surface area (Å²) in [6, 6.07) is 5.94. The Morgan fingerprint density at radius 1 is 1.40 bits per heavy atom. The van der Waals surface area contributed by atoms with Gasteiger partial charge in [-0.05, 0) is 25.5 Å². The zero-order valence-corrected chi connectivity index (χ0v) is 13.4. The molecule has 3 nitrogen and oxygen atoms in total. The Bertz CT molecular complexity index is 453. The molecule has 1 aliphatic heterocycles. The molecular weight excluding hydrogens is 297 g/mol. The van der Waals surface area contributed by atoms with Gasteiger partial charge in [0.05, 0.1) is 28.9 Å². The van der Waals surface area contributed by atoms with E-state index in [1.54, 1.807) is 6.07 Å². The first kappa shape index (κ1) is 16.1. The highest BCUT2D eigenvalue weighted by atomic mass is 35.5. The number of aliphatic hydroxyl groups is 1. The van der Waals surface area contributed by atoms with Crippen LogP contribution in [0, 0.1) is 0 Å². The van der Waals surface area contributed by atoms with E-state index in [0.717, 1.165) is 18.7 Å². The molecule has 0 saturated carbocycles. The first-order chi connectivity index (χ1) is 9.49. The molecule has 1 heterocycles. The Labute approximate surface area is 130 Å². The number of nitrogens with zero attached hydrogens (tertiary/aromatic N) is 1. The van der Waals surface area contributed by atoms with E-state index in [9.17, 15) is 5.11 Å². The van der Waals surface area contributed by atoms with Crippen LogP contribution in [-0.2, 0) is 11.2 Å². The molecule has 5 heteroatoms. The predicted octanol–water partition coefficient (Wildman–Crippen LogP) is 3.01. The molecule has 0 radical (unpaired) electrons. The van der Waals surface area contributed by atoms with Crippen molar-refractivity contribution in [3.05, 3.63) is 33.8 Å². The first-order valence-electron chi connectivity index (χ1n) is 6.95. The quantitative estimate of drug-likeness (QED) is 0.926. The molecule has 0 bridgehead atoms. The SMILES string of the molecule is CC(C)N1CCOC(C(O)Cc2cccc(Cl)c2Cl)C1. The molecule has 0 aromatic heterocycles. The van der Waals surface area contributed by atoms with E-state index in [1.165, 1.54) is 0 Å². The minimum atomic E-state index is -0.576. The minimum absolute atomic E-state index is 0.179. The van der Waals surface area contributed by atoms with Gasteiger partial charge in [0, 0.05) is 25.6 Å². The fraction of sp³-hybridized carbons (Fsp3) is 0.600. The van der Waals surface area contributed by atoms with Crippen LogP contribution in [0.25, 0.3) is 0 Å². The lowest BCUT2D eigenvalue weighted by molar-refractivity contribution is -0.0940. The fourth-order valence-corrected chi connectivity index (χ4v) is 2.86. The summed E-state index contributed by atoms with van der Waals surface area (Å²) in [5.74, 6) is 0. The molecule has 2 atom stereocenters. The summed E-state index contributed by atoms with van der Waals surface area (Å²) in [6.07, 6.45) is -0.301. The molecule has 1 aliphatic rings. The minimum Gasteiger partial charge on any atom is -0.390 e. The van der Waals surface area contributed by atoms with E-state index in [4.69, 9.17) is 27.9 Å². The van der Waals surface area contributed by atoms with Crippen molar-refractivity contribution in [1.29, 1.82) is 0 Å². The molecule has 0 spiro atoms. The average molecular weight is 318 g/mol. The van der Waals surface area contributed by atoms with Crippen LogP contribution in [0.4, 0.5) is 0 Å². The van der Waals surface area contributed by atoms with Gasteiger partial charge in [-0.25, -0.2) is 0 Å². The molecule has 0 aliphatic carbocycles. The predicted molar refractivity (Wildman–Crippen MR) is 82.6 cm³/mol. The maximum absolute atomic E-state index is 10.4. The van der Waals surface area contributed by atoms with Crippen molar-refractivity contribution < 1.29 is 9.84 Å². The number of halogens is 2. The van der Waals surface area contributed by atoms with Crippen molar-refractivity contribution in [3.8, 4) is 0 Å². The van der Waals surface area contributed by atoms with Crippen molar-refractivity contribution in [2.45, 2.75) is 38.5 Å². The van der Waals surface area contributed by atoms with Gasteiger partial charge in [-0.15, -0.1) is 0 Å². The van der Waals surface area contributed by atoms with Crippen molar-refractivity contribution in [3.63, 3.8) is 0 Å². The highest BCUT2D eigenvalue weighted by Gasteiger charge is 2.28. The van der Waals surface area contributed by atoms with Crippen molar-refractivity contribution >= 4 is 23.2 Å². The number of morpholine rings is 1. The van der Waals surface area contributed by atoms with Gasteiger partial charge in [-0.1, -0.05) is 35.3 Å². The molecule has 1 fully saturated rings. The van der Waals surface area contributed by atoms with Gasteiger partial charge in [0.25, 0.3) is 0 Å². The summed E-state index contributed by atoms with van der Waals surface area (Å²) in [7, 11) is 0. The van der Waals surface area contributed by atoms with Crippen LogP contribution >= 0.6 is 23.2 Å². The van der Waals surface area contributed by atoms with Crippen molar-refractivity contribution in [1.82, 2.24) is 4.90 Å². The molecule has 1 aromatic carbocycles. The summed E-state index contributed by atoms with van der Waals surface area (Å²) in [5, 5.41) is 11.4. The molecular formula is C15H21Cl2NO2. The summed E-state index contributed by atoms with van der Waals surface area (Å²) < 4.78 is 5.69. The van der Waals surface area contributed by atoms with Gasteiger partial charge in [0.1, 0.15) is 0 Å². The highest BCUT2D eigenvalue weighted by Crippen LogP contribution is 2.27.